The van der Waals surface area contributed by atoms with Crippen LogP contribution in [0.2, 0.25) is 0 Å². The molecule has 0 fully saturated rings. The highest BCUT2D eigenvalue weighted by Crippen LogP contribution is 2.17. The lowest BCUT2D eigenvalue weighted by atomic mass is 10.1. The molecule has 6 nitrogen and oxygen atoms in total. The zero-order valence-corrected chi connectivity index (χ0v) is 15.2. The molecule has 2 unspecified atom stereocenters. The molecule has 0 bridgehead atoms. The number of nitrogens with one attached hydrogen (secondary N) is 3. The number of anilines is 2. The second kappa shape index (κ2) is 9.58. The van der Waals surface area contributed by atoms with Crippen LogP contribution in [0, 0.1) is 0 Å². The molecular formula is C20H26N4O2. The summed E-state index contributed by atoms with van der Waals surface area (Å²) in [6, 6.07) is 15.6. The predicted octanol–water partition coefficient (Wildman–Crippen LogP) is 3.64. The first kappa shape index (κ1) is 19.5. The Kier molecular flexibility index (Phi) is 7.17. The first-order valence-corrected chi connectivity index (χ1v) is 8.78. The molecule has 2 rings (SSSR count). The van der Waals surface area contributed by atoms with Crippen molar-refractivity contribution < 1.29 is 9.59 Å². The molecular weight excluding hydrogens is 328 g/mol. The molecule has 0 aliphatic rings. The normalized spacial score (nSPS) is 12.7. The quantitative estimate of drug-likeness (QED) is 0.611. The third-order valence-corrected chi connectivity index (χ3v) is 4.00. The van der Waals surface area contributed by atoms with Crippen LogP contribution in [0.25, 0.3) is 0 Å². The average Bonchev–Trinajstić information content (AvgIpc) is 2.63. The van der Waals surface area contributed by atoms with Gasteiger partial charge in [-0.25, -0.2) is 4.79 Å². The highest BCUT2D eigenvalue weighted by atomic mass is 16.2. The maximum absolute atomic E-state index is 12.0. The summed E-state index contributed by atoms with van der Waals surface area (Å²) in [5, 5.41) is 8.44. The largest absolute Gasteiger partial charge is 0.348 e. The molecule has 26 heavy (non-hydrogen) atoms. The number of para-hydroxylation sites is 1. The third kappa shape index (κ3) is 5.89. The van der Waals surface area contributed by atoms with Gasteiger partial charge in [0.1, 0.15) is 0 Å². The summed E-state index contributed by atoms with van der Waals surface area (Å²) < 4.78 is 0. The maximum atomic E-state index is 12.0. The number of carbonyl (C=O) groups excluding carboxylic acids is 2. The summed E-state index contributed by atoms with van der Waals surface area (Å²) in [6.45, 7) is 3.90. The predicted molar refractivity (Wildman–Crippen MR) is 105 cm³/mol. The van der Waals surface area contributed by atoms with Crippen molar-refractivity contribution >= 4 is 23.3 Å². The zero-order chi connectivity index (χ0) is 18.9. The lowest BCUT2D eigenvalue weighted by molar-refractivity contribution is -0.123. The number of hydrogen-bond donors (Lipinski definition) is 4. The summed E-state index contributed by atoms with van der Waals surface area (Å²) in [7, 11) is 0. The van der Waals surface area contributed by atoms with Crippen LogP contribution in [-0.4, -0.2) is 18.0 Å². The lowest BCUT2D eigenvalue weighted by Gasteiger charge is -2.18. The van der Waals surface area contributed by atoms with E-state index in [-0.39, 0.29) is 18.0 Å². The molecule has 2 aromatic rings. The first-order chi connectivity index (χ1) is 12.5. The van der Waals surface area contributed by atoms with Crippen LogP contribution in [0.3, 0.4) is 0 Å². The number of carbonyl (C=O) groups is 2. The van der Waals surface area contributed by atoms with E-state index in [9.17, 15) is 9.59 Å². The van der Waals surface area contributed by atoms with Gasteiger partial charge >= 0.3 is 6.03 Å². The van der Waals surface area contributed by atoms with E-state index in [1.54, 1.807) is 12.1 Å². The summed E-state index contributed by atoms with van der Waals surface area (Å²) >= 11 is 0. The Morgan fingerprint density at radius 2 is 1.54 bits per heavy atom. The molecule has 0 aliphatic carbocycles. The van der Waals surface area contributed by atoms with E-state index in [1.165, 1.54) is 0 Å². The summed E-state index contributed by atoms with van der Waals surface area (Å²) in [4.78, 5) is 24.0. The fraction of sp³-hybridized carbons (Fsp3) is 0.300. The number of rotatable bonds is 7. The number of urea groups is 1. The SMILES string of the molecule is CCCC(N)C(=O)NC(C)c1ccc(NC(=O)Nc2ccccc2)cc1. The van der Waals surface area contributed by atoms with Gasteiger partial charge in [0.2, 0.25) is 5.91 Å². The van der Waals surface area contributed by atoms with Gasteiger partial charge in [0, 0.05) is 11.4 Å². The Hall–Kier alpha value is -2.86. The molecule has 0 saturated heterocycles. The Labute approximate surface area is 154 Å². The maximum Gasteiger partial charge on any atom is 0.323 e. The van der Waals surface area contributed by atoms with Crippen LogP contribution in [0.1, 0.15) is 38.3 Å². The number of amides is 3. The fourth-order valence-corrected chi connectivity index (χ4v) is 2.52. The van der Waals surface area contributed by atoms with Gasteiger partial charge in [-0.1, -0.05) is 43.7 Å². The second-order valence-electron chi connectivity index (χ2n) is 6.19. The zero-order valence-electron chi connectivity index (χ0n) is 15.2. The van der Waals surface area contributed by atoms with Crippen molar-refractivity contribution in [1.29, 1.82) is 0 Å². The van der Waals surface area contributed by atoms with Crippen LogP contribution >= 0.6 is 0 Å². The number of nitrogens with two attached hydrogens (primary N) is 1. The van der Waals surface area contributed by atoms with Gasteiger partial charge in [-0.15, -0.1) is 0 Å². The van der Waals surface area contributed by atoms with Gasteiger partial charge in [0.05, 0.1) is 12.1 Å². The molecule has 3 amide bonds. The molecule has 6 heteroatoms. The number of hydrogen-bond acceptors (Lipinski definition) is 3. The molecule has 0 spiro atoms. The van der Waals surface area contributed by atoms with Crippen LogP contribution in [0.4, 0.5) is 16.2 Å². The van der Waals surface area contributed by atoms with E-state index in [4.69, 9.17) is 5.73 Å². The molecule has 0 aromatic heterocycles. The van der Waals surface area contributed by atoms with Crippen molar-refractivity contribution in [1.82, 2.24) is 5.32 Å². The molecule has 138 valence electrons. The molecule has 2 atom stereocenters. The molecule has 5 N–H and O–H groups in total. The summed E-state index contributed by atoms with van der Waals surface area (Å²) in [6.07, 6.45) is 1.53. The lowest BCUT2D eigenvalue weighted by Crippen LogP contribution is -2.41. The van der Waals surface area contributed by atoms with Crippen LogP contribution in [-0.2, 0) is 4.79 Å². The summed E-state index contributed by atoms with van der Waals surface area (Å²) in [5.41, 5.74) is 8.16. The van der Waals surface area contributed by atoms with Crippen molar-refractivity contribution in [3.05, 3.63) is 60.2 Å². The molecule has 0 aliphatic heterocycles. The standard InChI is InChI=1S/C20H26N4O2/c1-3-7-18(21)19(25)22-14(2)15-10-12-17(13-11-15)24-20(26)23-16-8-5-4-6-9-16/h4-6,8-14,18H,3,7,21H2,1-2H3,(H,22,25)(H2,23,24,26). The highest BCUT2D eigenvalue weighted by Gasteiger charge is 2.15. The van der Waals surface area contributed by atoms with Crippen LogP contribution < -0.4 is 21.7 Å². The second-order valence-corrected chi connectivity index (χ2v) is 6.19. The Bertz CT molecular complexity index is 716. The number of benzene rings is 2. The molecule has 0 saturated carbocycles. The minimum Gasteiger partial charge on any atom is -0.348 e. The van der Waals surface area contributed by atoms with E-state index in [0.717, 1.165) is 17.7 Å². The van der Waals surface area contributed by atoms with Gasteiger partial charge < -0.3 is 21.7 Å². The van der Waals surface area contributed by atoms with E-state index >= 15 is 0 Å². The van der Waals surface area contributed by atoms with Crippen molar-refractivity contribution in [3.8, 4) is 0 Å². The van der Waals surface area contributed by atoms with Crippen LogP contribution in [0.15, 0.2) is 54.6 Å². The van der Waals surface area contributed by atoms with Crippen molar-refractivity contribution in [2.24, 2.45) is 5.73 Å². The van der Waals surface area contributed by atoms with Crippen LogP contribution in [0.5, 0.6) is 0 Å². The minimum absolute atomic E-state index is 0.149. The van der Waals surface area contributed by atoms with E-state index < -0.39 is 6.04 Å². The molecule has 2 aromatic carbocycles. The van der Waals surface area contributed by atoms with Crippen molar-refractivity contribution in [3.63, 3.8) is 0 Å². The highest BCUT2D eigenvalue weighted by molar-refractivity contribution is 5.99. The Morgan fingerprint density at radius 1 is 0.962 bits per heavy atom. The third-order valence-electron chi connectivity index (χ3n) is 4.00. The summed E-state index contributed by atoms with van der Waals surface area (Å²) in [5.74, 6) is -0.149. The van der Waals surface area contributed by atoms with Crippen molar-refractivity contribution in [2.75, 3.05) is 10.6 Å². The van der Waals surface area contributed by atoms with Gasteiger partial charge in [-0.3, -0.25) is 4.79 Å². The smallest absolute Gasteiger partial charge is 0.323 e. The van der Waals surface area contributed by atoms with E-state index in [2.05, 4.69) is 16.0 Å². The fourth-order valence-electron chi connectivity index (χ4n) is 2.52. The van der Waals surface area contributed by atoms with Gasteiger partial charge in [-0.2, -0.15) is 0 Å². The van der Waals surface area contributed by atoms with E-state index in [0.29, 0.717) is 12.1 Å². The van der Waals surface area contributed by atoms with Gasteiger partial charge in [0.25, 0.3) is 0 Å². The Morgan fingerprint density at radius 3 is 2.12 bits per heavy atom. The van der Waals surface area contributed by atoms with E-state index in [1.807, 2.05) is 56.3 Å². The Balaban J connectivity index is 1.89. The average molecular weight is 354 g/mol. The van der Waals surface area contributed by atoms with Crippen molar-refractivity contribution in [2.45, 2.75) is 38.8 Å². The monoisotopic (exact) mass is 354 g/mol. The minimum atomic E-state index is -0.481. The molecule has 0 radical (unpaired) electrons. The van der Waals surface area contributed by atoms with Gasteiger partial charge in [0.15, 0.2) is 0 Å². The topological polar surface area (TPSA) is 96.2 Å². The first-order valence-electron chi connectivity index (χ1n) is 8.78. The van der Waals surface area contributed by atoms with Gasteiger partial charge in [-0.05, 0) is 43.2 Å². The molecule has 0 heterocycles.